The van der Waals surface area contributed by atoms with Crippen LogP contribution in [0.1, 0.15) is 45.4 Å². The number of aliphatic hydroxyl groups excluding tert-OH is 1. The van der Waals surface area contributed by atoms with Gasteiger partial charge in [-0.2, -0.15) is 13.2 Å². The molecule has 0 bridgehead atoms. The second kappa shape index (κ2) is 8.46. The second-order valence-electron chi connectivity index (χ2n) is 9.33. The zero-order valence-electron chi connectivity index (χ0n) is 17.3. The van der Waals surface area contributed by atoms with Crippen molar-refractivity contribution in [3.05, 3.63) is 11.6 Å². The number of rotatable bonds is 6. The minimum atomic E-state index is -4.12. The fraction of sp³-hybridized carbons (Fsp3) is 0.905. The third-order valence-corrected chi connectivity index (χ3v) is 7.40. The molecule has 1 N–H and O–H groups in total. The predicted octanol–water partition coefficient (Wildman–Crippen LogP) is 2.81. The van der Waals surface area contributed by atoms with E-state index in [1.165, 1.54) is 5.57 Å². The first-order valence-corrected chi connectivity index (χ1v) is 11.1. The van der Waals surface area contributed by atoms with Crippen LogP contribution in [0.3, 0.4) is 0 Å². The first kappa shape index (κ1) is 21.6. The highest BCUT2D eigenvalue weighted by Crippen LogP contribution is 2.50. The van der Waals surface area contributed by atoms with E-state index in [1.807, 2.05) is 11.8 Å². The lowest BCUT2D eigenvalue weighted by Gasteiger charge is -2.51. The Morgan fingerprint density at radius 1 is 1.28 bits per heavy atom. The number of nitrogens with zero attached hydrogens (tertiary/aromatic N) is 3. The molecular weight excluding hydrogens is 383 g/mol. The van der Waals surface area contributed by atoms with Crippen molar-refractivity contribution in [1.82, 2.24) is 14.7 Å². The van der Waals surface area contributed by atoms with E-state index in [-0.39, 0.29) is 6.04 Å². The van der Waals surface area contributed by atoms with E-state index in [2.05, 4.69) is 11.0 Å². The van der Waals surface area contributed by atoms with Gasteiger partial charge in [0.25, 0.3) is 0 Å². The summed E-state index contributed by atoms with van der Waals surface area (Å²) in [5.41, 5.74) is 1.52. The molecule has 1 saturated carbocycles. The van der Waals surface area contributed by atoms with Gasteiger partial charge in [-0.25, -0.2) is 0 Å². The van der Waals surface area contributed by atoms with E-state index >= 15 is 0 Å². The molecule has 0 aromatic rings. The topological polar surface area (TPSA) is 39.2 Å². The molecule has 29 heavy (non-hydrogen) atoms. The summed E-state index contributed by atoms with van der Waals surface area (Å²) in [6.07, 6.45) is 3.30. The van der Waals surface area contributed by atoms with E-state index in [0.717, 1.165) is 64.7 Å². The van der Waals surface area contributed by atoms with E-state index in [0.29, 0.717) is 24.6 Å². The molecule has 2 atom stereocenters. The highest BCUT2D eigenvalue weighted by Gasteiger charge is 2.51. The van der Waals surface area contributed by atoms with Crippen LogP contribution in [-0.4, -0.2) is 90.4 Å². The first-order valence-electron chi connectivity index (χ1n) is 11.1. The number of likely N-dealkylation sites (tertiary alicyclic amines) is 2. The normalized spacial score (nSPS) is 35.8. The molecule has 1 spiro atoms. The molecule has 3 aliphatic heterocycles. The summed E-state index contributed by atoms with van der Waals surface area (Å²) in [5.74, 6) is 0. The fourth-order valence-corrected chi connectivity index (χ4v) is 5.94. The molecule has 3 heterocycles. The number of hydrogen-bond donors (Lipinski definition) is 1. The molecule has 8 heteroatoms. The zero-order valence-corrected chi connectivity index (χ0v) is 17.3. The van der Waals surface area contributed by atoms with Crippen LogP contribution in [0.25, 0.3) is 0 Å². The van der Waals surface area contributed by atoms with Gasteiger partial charge in [0, 0.05) is 44.9 Å². The largest absolute Gasteiger partial charge is 0.401 e. The Balaban J connectivity index is 1.26. The zero-order chi connectivity index (χ0) is 20.6. The van der Waals surface area contributed by atoms with Gasteiger partial charge in [-0.3, -0.25) is 14.7 Å². The lowest BCUT2D eigenvalue weighted by molar-refractivity contribution is -0.188. The molecule has 4 rings (SSSR count). The number of hydrogen-bond acceptors (Lipinski definition) is 5. The van der Waals surface area contributed by atoms with Gasteiger partial charge >= 0.3 is 6.18 Å². The van der Waals surface area contributed by atoms with Gasteiger partial charge in [0.1, 0.15) is 0 Å². The Bertz CT molecular complexity index is 606. The third kappa shape index (κ3) is 4.82. The molecule has 0 aromatic heterocycles. The van der Waals surface area contributed by atoms with Gasteiger partial charge < -0.3 is 9.84 Å². The molecule has 0 amide bonds. The highest BCUT2D eigenvalue weighted by atomic mass is 19.4. The highest BCUT2D eigenvalue weighted by molar-refractivity contribution is 5.18. The number of alkyl halides is 3. The summed E-state index contributed by atoms with van der Waals surface area (Å²) in [7, 11) is 0. The smallest absolute Gasteiger partial charge is 0.356 e. The van der Waals surface area contributed by atoms with Crippen LogP contribution in [0, 0.1) is 5.41 Å². The van der Waals surface area contributed by atoms with Crippen LogP contribution >= 0.6 is 0 Å². The molecule has 4 aliphatic rings. The van der Waals surface area contributed by atoms with E-state index in [4.69, 9.17) is 4.74 Å². The molecule has 5 nitrogen and oxygen atoms in total. The van der Waals surface area contributed by atoms with Crippen LogP contribution in [0.4, 0.5) is 13.2 Å². The SMILES string of the molecule is CCOC(O)N1CCC2(CC(N3CC=C([C@@H]4CCCN4CC(F)(F)F)CC3)C2)C1. The van der Waals surface area contributed by atoms with Crippen LogP contribution < -0.4 is 0 Å². The van der Waals surface area contributed by atoms with Crippen molar-refractivity contribution in [1.29, 1.82) is 0 Å². The standard InChI is InChI=1S/C21H34F3N3O2/c1-2-29-19(28)27-11-7-20(14-27)12-17(13-20)25-9-5-16(6-10-25)18-4-3-8-26(18)15-21(22,23)24/h5,17-19,28H,2-4,6-15H2,1H3/t17?,18-,19?,20?/m0/s1. The summed E-state index contributed by atoms with van der Waals surface area (Å²) >= 11 is 0. The van der Waals surface area contributed by atoms with E-state index < -0.39 is 19.1 Å². The Kier molecular flexibility index (Phi) is 6.29. The lowest BCUT2D eigenvalue weighted by atomic mass is 9.64. The van der Waals surface area contributed by atoms with Crippen molar-refractivity contribution in [3.8, 4) is 0 Å². The van der Waals surface area contributed by atoms with Crippen molar-refractivity contribution < 1.29 is 23.0 Å². The van der Waals surface area contributed by atoms with Gasteiger partial charge in [0.2, 0.25) is 6.41 Å². The minimum absolute atomic E-state index is 0.0186. The summed E-state index contributed by atoms with van der Waals surface area (Å²) < 4.78 is 43.8. The minimum Gasteiger partial charge on any atom is -0.356 e. The average molecular weight is 418 g/mol. The first-order chi connectivity index (χ1) is 13.8. The molecule has 2 saturated heterocycles. The molecule has 3 fully saturated rings. The molecule has 0 aromatic carbocycles. The van der Waals surface area contributed by atoms with Gasteiger partial charge in [0.15, 0.2) is 0 Å². The maximum Gasteiger partial charge on any atom is 0.401 e. The second-order valence-corrected chi connectivity index (χ2v) is 9.33. The summed E-state index contributed by atoms with van der Waals surface area (Å²) in [6.45, 7) is 5.76. The van der Waals surface area contributed by atoms with Gasteiger partial charge in [-0.15, -0.1) is 0 Å². The van der Waals surface area contributed by atoms with Gasteiger partial charge in [-0.05, 0) is 57.4 Å². The van der Waals surface area contributed by atoms with Crippen molar-refractivity contribution >= 4 is 0 Å². The predicted molar refractivity (Wildman–Crippen MR) is 104 cm³/mol. The van der Waals surface area contributed by atoms with Crippen molar-refractivity contribution in [3.63, 3.8) is 0 Å². The molecular formula is C21H34F3N3O2. The molecule has 1 unspecified atom stereocenters. The van der Waals surface area contributed by atoms with Crippen LogP contribution in [0.15, 0.2) is 11.6 Å². The summed E-state index contributed by atoms with van der Waals surface area (Å²) in [4.78, 5) is 6.15. The van der Waals surface area contributed by atoms with E-state index in [9.17, 15) is 18.3 Å². The van der Waals surface area contributed by atoms with Gasteiger partial charge in [-0.1, -0.05) is 11.6 Å². The Labute approximate surface area is 171 Å². The maximum atomic E-state index is 12.8. The third-order valence-electron chi connectivity index (χ3n) is 7.40. The average Bonchev–Trinajstić information content (AvgIpc) is 3.27. The van der Waals surface area contributed by atoms with Crippen molar-refractivity contribution in [2.24, 2.45) is 5.41 Å². The van der Waals surface area contributed by atoms with E-state index in [1.54, 1.807) is 4.90 Å². The van der Waals surface area contributed by atoms with Crippen LogP contribution in [0.5, 0.6) is 0 Å². The molecule has 1 aliphatic carbocycles. The number of aliphatic hydroxyl groups is 1. The monoisotopic (exact) mass is 417 g/mol. The quantitative estimate of drug-likeness (QED) is 0.532. The fourth-order valence-electron chi connectivity index (χ4n) is 5.94. The number of halogens is 3. The van der Waals surface area contributed by atoms with Crippen LogP contribution in [0.2, 0.25) is 0 Å². The van der Waals surface area contributed by atoms with Crippen molar-refractivity contribution in [2.75, 3.05) is 45.9 Å². The summed E-state index contributed by atoms with van der Waals surface area (Å²) in [6, 6.07) is 0.543. The Morgan fingerprint density at radius 3 is 2.72 bits per heavy atom. The van der Waals surface area contributed by atoms with Crippen LogP contribution in [-0.2, 0) is 4.74 Å². The molecule has 166 valence electrons. The number of ether oxygens (including phenoxy) is 1. The van der Waals surface area contributed by atoms with Gasteiger partial charge in [0.05, 0.1) is 6.54 Å². The Morgan fingerprint density at radius 2 is 2.07 bits per heavy atom. The van der Waals surface area contributed by atoms with Crippen molar-refractivity contribution in [2.45, 2.75) is 70.1 Å². The summed E-state index contributed by atoms with van der Waals surface area (Å²) in [5, 5.41) is 10.1. The Hall–Kier alpha value is -0.670. The lowest BCUT2D eigenvalue weighted by Crippen LogP contribution is -2.54. The maximum absolute atomic E-state index is 12.8. The molecule has 0 radical (unpaired) electrons.